The molecule has 0 saturated carbocycles. The van der Waals surface area contributed by atoms with Crippen molar-refractivity contribution < 1.29 is 0 Å². The smallest absolute Gasteiger partial charge is 0.0171 e. The third-order valence-corrected chi connectivity index (χ3v) is 3.59. The van der Waals surface area contributed by atoms with E-state index in [1.54, 1.807) is 0 Å². The number of hydrogen-bond donors (Lipinski definition) is 0. The number of fused-ring (bicyclic) bond motifs is 3. The van der Waals surface area contributed by atoms with Gasteiger partial charge in [0.15, 0.2) is 0 Å². The fourth-order valence-corrected chi connectivity index (χ4v) is 2.72. The van der Waals surface area contributed by atoms with Gasteiger partial charge in [-0.1, -0.05) is 30.8 Å². The van der Waals surface area contributed by atoms with E-state index in [1.165, 1.54) is 32.0 Å². The Morgan fingerprint density at radius 2 is 1.11 bits per heavy atom. The summed E-state index contributed by atoms with van der Waals surface area (Å²) in [5.74, 6) is 0. The van der Waals surface area contributed by atoms with Gasteiger partial charge in [0.2, 0.25) is 0 Å². The predicted molar refractivity (Wildman–Crippen MR) is 78.8 cm³/mol. The average molecular weight is 228 g/mol. The lowest BCUT2D eigenvalue weighted by Gasteiger charge is -2.02. The molecule has 0 fully saturated rings. The van der Waals surface area contributed by atoms with Gasteiger partial charge in [-0.05, 0) is 74.0 Å². The van der Waals surface area contributed by atoms with Crippen LogP contribution in [-0.2, 0) is 0 Å². The zero-order valence-electron chi connectivity index (χ0n) is 9.98. The van der Waals surface area contributed by atoms with E-state index in [4.69, 9.17) is 0 Å². The minimum atomic E-state index is 1.09. The van der Waals surface area contributed by atoms with Gasteiger partial charge in [-0.25, -0.2) is 0 Å². The van der Waals surface area contributed by atoms with E-state index in [0.29, 0.717) is 0 Å². The molecule has 1 aliphatic carbocycles. The molecule has 1 aliphatic rings. The van der Waals surface area contributed by atoms with Crippen molar-refractivity contribution in [3.63, 3.8) is 0 Å². The molecule has 0 heteroatoms. The average Bonchev–Trinajstić information content (AvgIpc) is 2.72. The normalized spacial score (nSPS) is 13.4. The van der Waals surface area contributed by atoms with E-state index in [1.807, 2.05) is 0 Å². The third kappa shape index (κ3) is 1.32. The van der Waals surface area contributed by atoms with Crippen LogP contribution in [0.4, 0.5) is 0 Å². The molecule has 0 amide bonds. The van der Waals surface area contributed by atoms with E-state index >= 15 is 0 Å². The Bertz CT molecular complexity index is 851. The van der Waals surface area contributed by atoms with E-state index in [9.17, 15) is 0 Å². The molecule has 4 rings (SSSR count). The van der Waals surface area contributed by atoms with Crippen LogP contribution < -0.4 is 10.4 Å². The number of benzene rings is 3. The fourth-order valence-electron chi connectivity index (χ4n) is 2.72. The van der Waals surface area contributed by atoms with E-state index in [2.05, 4.69) is 67.3 Å². The first-order chi connectivity index (χ1) is 8.79. The summed E-state index contributed by atoms with van der Waals surface area (Å²) < 4.78 is 0. The molecule has 0 aromatic heterocycles. The summed E-state index contributed by atoms with van der Waals surface area (Å²) in [6, 6.07) is 17.5. The summed E-state index contributed by atoms with van der Waals surface area (Å²) in [7, 11) is 0. The quantitative estimate of drug-likeness (QED) is 0.519. The standard InChI is InChI=1S/C18H12/c1-12-6-15-10-17-8-13-4-2-3-5-14(13)9-18(17)11-16(15)7-12/h2-11H,1H2. The van der Waals surface area contributed by atoms with Crippen LogP contribution in [0.3, 0.4) is 0 Å². The number of allylic oxidation sites excluding steroid dienone is 1. The number of hydrogen-bond acceptors (Lipinski definition) is 0. The highest BCUT2D eigenvalue weighted by molar-refractivity contribution is 5.98. The zero-order valence-corrected chi connectivity index (χ0v) is 9.98. The van der Waals surface area contributed by atoms with Crippen molar-refractivity contribution in [2.24, 2.45) is 0 Å². The summed E-state index contributed by atoms with van der Waals surface area (Å²) in [5.41, 5.74) is 1.09. The maximum absolute atomic E-state index is 4.00. The summed E-state index contributed by atoms with van der Waals surface area (Å²) in [6.45, 7) is 4.00. The van der Waals surface area contributed by atoms with Crippen LogP contribution >= 0.6 is 0 Å². The molecular weight excluding hydrogens is 216 g/mol. The molecule has 0 heterocycles. The molecule has 0 atom stereocenters. The molecule has 0 saturated heterocycles. The van der Waals surface area contributed by atoms with Crippen molar-refractivity contribution in [1.82, 2.24) is 0 Å². The summed E-state index contributed by atoms with van der Waals surface area (Å²) >= 11 is 0. The Morgan fingerprint density at radius 3 is 1.61 bits per heavy atom. The van der Waals surface area contributed by atoms with Crippen molar-refractivity contribution in [1.29, 1.82) is 0 Å². The lowest BCUT2D eigenvalue weighted by Crippen LogP contribution is -2.20. The Morgan fingerprint density at radius 1 is 0.611 bits per heavy atom. The molecule has 3 aromatic rings. The summed E-state index contributed by atoms with van der Waals surface area (Å²) in [6.07, 6.45) is 4.29. The van der Waals surface area contributed by atoms with Crippen LogP contribution in [0.5, 0.6) is 0 Å². The topological polar surface area (TPSA) is 0 Å². The highest BCUT2D eigenvalue weighted by atomic mass is 14.1. The van der Waals surface area contributed by atoms with Gasteiger partial charge in [-0.2, -0.15) is 0 Å². The Hall–Kier alpha value is -2.34. The minimum absolute atomic E-state index is 1.09. The van der Waals surface area contributed by atoms with Gasteiger partial charge >= 0.3 is 0 Å². The highest BCUT2D eigenvalue weighted by Gasteiger charge is 2.01. The van der Waals surface area contributed by atoms with Crippen molar-refractivity contribution in [3.05, 3.63) is 71.1 Å². The molecule has 84 valence electrons. The molecule has 0 spiro atoms. The van der Waals surface area contributed by atoms with Gasteiger partial charge in [0.25, 0.3) is 0 Å². The SMILES string of the molecule is C=C1C=c2cc3cc4ccccc4cc3cc2=C1. The maximum Gasteiger partial charge on any atom is -0.0171 e. The molecule has 0 N–H and O–H groups in total. The van der Waals surface area contributed by atoms with E-state index in [0.717, 1.165) is 5.57 Å². The van der Waals surface area contributed by atoms with Gasteiger partial charge in [-0.15, -0.1) is 0 Å². The van der Waals surface area contributed by atoms with E-state index in [-0.39, 0.29) is 0 Å². The molecule has 0 bridgehead atoms. The van der Waals surface area contributed by atoms with Crippen LogP contribution in [0.1, 0.15) is 0 Å². The summed E-state index contributed by atoms with van der Waals surface area (Å²) in [4.78, 5) is 0. The number of rotatable bonds is 0. The van der Waals surface area contributed by atoms with Gasteiger partial charge in [-0.3, -0.25) is 0 Å². The molecule has 0 aliphatic heterocycles. The first-order valence-corrected chi connectivity index (χ1v) is 6.15. The van der Waals surface area contributed by atoms with Gasteiger partial charge in [0, 0.05) is 0 Å². The second-order valence-electron chi connectivity index (χ2n) is 4.89. The van der Waals surface area contributed by atoms with Gasteiger partial charge < -0.3 is 0 Å². The largest absolute Gasteiger partial charge is 0.0917 e. The second-order valence-corrected chi connectivity index (χ2v) is 4.89. The van der Waals surface area contributed by atoms with Gasteiger partial charge in [0.1, 0.15) is 0 Å². The minimum Gasteiger partial charge on any atom is -0.0917 e. The summed E-state index contributed by atoms with van der Waals surface area (Å²) in [5, 5.41) is 7.75. The molecular formula is C18H12. The lowest BCUT2D eigenvalue weighted by molar-refractivity contribution is 1.61. The Labute approximate surface area is 105 Å². The van der Waals surface area contributed by atoms with Gasteiger partial charge in [0.05, 0.1) is 0 Å². The second kappa shape index (κ2) is 3.33. The zero-order chi connectivity index (χ0) is 12.1. The van der Waals surface area contributed by atoms with E-state index < -0.39 is 0 Å². The van der Waals surface area contributed by atoms with Crippen LogP contribution in [0.25, 0.3) is 33.7 Å². The molecule has 0 radical (unpaired) electrons. The van der Waals surface area contributed by atoms with Crippen LogP contribution in [0, 0.1) is 0 Å². The van der Waals surface area contributed by atoms with Crippen molar-refractivity contribution >= 4 is 33.7 Å². The molecule has 0 unspecified atom stereocenters. The van der Waals surface area contributed by atoms with Crippen molar-refractivity contribution in [2.45, 2.75) is 0 Å². The third-order valence-electron chi connectivity index (χ3n) is 3.59. The molecule has 3 aromatic carbocycles. The molecule has 18 heavy (non-hydrogen) atoms. The van der Waals surface area contributed by atoms with Crippen LogP contribution in [0.2, 0.25) is 0 Å². The highest BCUT2D eigenvalue weighted by Crippen LogP contribution is 2.21. The molecule has 0 nitrogen and oxygen atoms in total. The van der Waals surface area contributed by atoms with Crippen molar-refractivity contribution in [3.8, 4) is 0 Å². The lowest BCUT2D eigenvalue weighted by atomic mass is 10.0. The Balaban J connectivity index is 2.22. The van der Waals surface area contributed by atoms with Crippen LogP contribution in [-0.4, -0.2) is 0 Å². The Kier molecular flexibility index (Phi) is 1.79. The first-order valence-electron chi connectivity index (χ1n) is 6.15. The predicted octanol–water partition coefficient (Wildman–Crippen LogP) is 3.12. The monoisotopic (exact) mass is 228 g/mol. The van der Waals surface area contributed by atoms with Crippen LogP contribution in [0.15, 0.2) is 60.7 Å². The maximum atomic E-state index is 4.00. The fraction of sp³-hybridized carbons (Fsp3) is 0. The first kappa shape index (κ1) is 9.67. The van der Waals surface area contributed by atoms with Crippen molar-refractivity contribution in [2.75, 3.05) is 0 Å².